The van der Waals surface area contributed by atoms with Gasteiger partial charge in [0.05, 0.1) is 13.2 Å². The van der Waals surface area contributed by atoms with Crippen LogP contribution in [-0.4, -0.2) is 40.0 Å². The Morgan fingerprint density at radius 3 is 2.30 bits per heavy atom. The monoisotopic (exact) mass is 285 g/mol. The molecular formula is C17H35NO2. The third-order valence-corrected chi connectivity index (χ3v) is 4.58. The molecule has 120 valence electrons. The fourth-order valence-electron chi connectivity index (χ4n) is 3.08. The van der Waals surface area contributed by atoms with E-state index in [1.807, 2.05) is 0 Å². The lowest BCUT2D eigenvalue weighted by Crippen LogP contribution is -2.31. The first kappa shape index (κ1) is 17.9. The molecule has 0 heterocycles. The molecule has 0 unspecified atom stereocenters. The van der Waals surface area contributed by atoms with Crippen LogP contribution < -0.4 is 5.32 Å². The summed E-state index contributed by atoms with van der Waals surface area (Å²) in [5.74, 6) is 1.82. The minimum atomic E-state index is 0.498. The van der Waals surface area contributed by atoms with E-state index >= 15 is 0 Å². The van der Waals surface area contributed by atoms with Crippen LogP contribution in [0, 0.1) is 17.3 Å². The van der Waals surface area contributed by atoms with Crippen LogP contribution in [0.5, 0.6) is 0 Å². The highest BCUT2D eigenvalue weighted by atomic mass is 16.5. The van der Waals surface area contributed by atoms with Crippen molar-refractivity contribution in [1.82, 2.24) is 5.32 Å². The van der Waals surface area contributed by atoms with Crippen molar-refractivity contribution in [2.75, 3.05) is 40.0 Å². The normalized spacial score (nSPS) is 24.0. The highest BCUT2D eigenvalue weighted by Crippen LogP contribution is 2.39. The zero-order valence-electron chi connectivity index (χ0n) is 14.0. The summed E-state index contributed by atoms with van der Waals surface area (Å²) in [4.78, 5) is 0. The second-order valence-electron chi connectivity index (χ2n) is 7.25. The molecule has 0 atom stereocenters. The molecule has 0 aromatic heterocycles. The second-order valence-corrected chi connectivity index (χ2v) is 7.25. The molecule has 1 N–H and O–H groups in total. The van der Waals surface area contributed by atoms with Gasteiger partial charge in [0.1, 0.15) is 0 Å². The van der Waals surface area contributed by atoms with Gasteiger partial charge in [0.25, 0.3) is 0 Å². The largest absolute Gasteiger partial charge is 0.382 e. The Bertz CT molecular complexity index is 230. The van der Waals surface area contributed by atoms with Crippen LogP contribution in [0.2, 0.25) is 0 Å². The molecule has 1 saturated carbocycles. The second kappa shape index (κ2) is 9.75. The van der Waals surface area contributed by atoms with Crippen molar-refractivity contribution in [3.05, 3.63) is 0 Å². The molecule has 0 radical (unpaired) electrons. The fraction of sp³-hybridized carbons (Fsp3) is 1.00. The summed E-state index contributed by atoms with van der Waals surface area (Å²) >= 11 is 0. The van der Waals surface area contributed by atoms with Gasteiger partial charge in [-0.25, -0.2) is 0 Å². The average Bonchev–Trinajstić information content (AvgIpc) is 2.41. The van der Waals surface area contributed by atoms with E-state index < -0.39 is 0 Å². The zero-order valence-corrected chi connectivity index (χ0v) is 14.0. The van der Waals surface area contributed by atoms with Crippen molar-refractivity contribution in [3.8, 4) is 0 Å². The van der Waals surface area contributed by atoms with E-state index in [1.54, 1.807) is 7.11 Å². The predicted octanol–water partition coefficient (Wildman–Crippen LogP) is 3.48. The van der Waals surface area contributed by atoms with Crippen molar-refractivity contribution in [3.63, 3.8) is 0 Å². The van der Waals surface area contributed by atoms with Crippen molar-refractivity contribution < 1.29 is 9.47 Å². The van der Waals surface area contributed by atoms with E-state index in [1.165, 1.54) is 32.2 Å². The van der Waals surface area contributed by atoms with Crippen molar-refractivity contribution >= 4 is 0 Å². The molecule has 0 saturated heterocycles. The number of hydrogen-bond acceptors (Lipinski definition) is 3. The van der Waals surface area contributed by atoms with Gasteiger partial charge >= 0.3 is 0 Å². The molecule has 1 fully saturated rings. The van der Waals surface area contributed by atoms with E-state index in [2.05, 4.69) is 26.1 Å². The molecule has 1 aliphatic carbocycles. The Balaban J connectivity index is 1.94. The van der Waals surface area contributed by atoms with Gasteiger partial charge in [0, 0.05) is 13.7 Å². The Kier molecular flexibility index (Phi) is 8.74. The Morgan fingerprint density at radius 1 is 1.00 bits per heavy atom. The average molecular weight is 285 g/mol. The van der Waals surface area contributed by atoms with E-state index in [-0.39, 0.29) is 0 Å². The lowest BCUT2D eigenvalue weighted by molar-refractivity contribution is 0.0692. The molecule has 3 nitrogen and oxygen atoms in total. The maximum Gasteiger partial charge on any atom is 0.0700 e. The van der Waals surface area contributed by atoms with Crippen LogP contribution in [0.25, 0.3) is 0 Å². The van der Waals surface area contributed by atoms with Gasteiger partial charge in [0.15, 0.2) is 0 Å². The van der Waals surface area contributed by atoms with Gasteiger partial charge in [-0.3, -0.25) is 0 Å². The highest BCUT2D eigenvalue weighted by molar-refractivity contribution is 4.81. The van der Waals surface area contributed by atoms with Crippen LogP contribution in [0.15, 0.2) is 0 Å². The SMILES string of the molecule is COCCOCCCNCC1CCC(C(C)(C)C)CC1. The highest BCUT2D eigenvalue weighted by Gasteiger charge is 2.29. The number of methoxy groups -OCH3 is 1. The quantitative estimate of drug-likeness (QED) is 0.658. The molecule has 0 spiro atoms. The molecule has 1 aliphatic rings. The lowest BCUT2D eigenvalue weighted by Gasteiger charge is -2.37. The van der Waals surface area contributed by atoms with Crippen LogP contribution in [0.3, 0.4) is 0 Å². The lowest BCUT2D eigenvalue weighted by atomic mass is 9.70. The van der Waals surface area contributed by atoms with E-state index in [0.29, 0.717) is 18.6 Å². The van der Waals surface area contributed by atoms with Gasteiger partial charge in [-0.15, -0.1) is 0 Å². The first-order valence-corrected chi connectivity index (χ1v) is 8.31. The summed E-state index contributed by atoms with van der Waals surface area (Å²) in [6, 6.07) is 0. The molecular weight excluding hydrogens is 250 g/mol. The zero-order chi connectivity index (χ0) is 14.8. The third kappa shape index (κ3) is 7.61. The van der Waals surface area contributed by atoms with Crippen molar-refractivity contribution in [1.29, 1.82) is 0 Å². The number of hydrogen-bond donors (Lipinski definition) is 1. The van der Waals surface area contributed by atoms with E-state index in [0.717, 1.165) is 31.4 Å². The molecule has 0 amide bonds. The molecule has 3 heteroatoms. The summed E-state index contributed by atoms with van der Waals surface area (Å²) in [5.41, 5.74) is 0.498. The maximum atomic E-state index is 5.45. The Morgan fingerprint density at radius 2 is 1.70 bits per heavy atom. The van der Waals surface area contributed by atoms with Crippen LogP contribution in [0.1, 0.15) is 52.9 Å². The summed E-state index contributed by atoms with van der Waals surface area (Å²) < 4.78 is 10.4. The molecule has 1 rings (SSSR count). The summed E-state index contributed by atoms with van der Waals surface area (Å²) in [7, 11) is 1.71. The van der Waals surface area contributed by atoms with Gasteiger partial charge in [-0.05, 0) is 62.4 Å². The molecule has 0 aromatic carbocycles. The van der Waals surface area contributed by atoms with Gasteiger partial charge in [0.2, 0.25) is 0 Å². The first-order valence-electron chi connectivity index (χ1n) is 8.31. The standard InChI is InChI=1S/C17H35NO2/c1-17(2,3)16-8-6-15(7-9-16)14-18-10-5-11-20-13-12-19-4/h15-16,18H,5-14H2,1-4H3. The minimum Gasteiger partial charge on any atom is -0.382 e. The maximum absolute atomic E-state index is 5.45. The van der Waals surface area contributed by atoms with Crippen molar-refractivity contribution in [2.24, 2.45) is 17.3 Å². The van der Waals surface area contributed by atoms with E-state index in [9.17, 15) is 0 Å². The van der Waals surface area contributed by atoms with E-state index in [4.69, 9.17) is 9.47 Å². The summed E-state index contributed by atoms with van der Waals surface area (Å²) in [6.07, 6.45) is 6.73. The molecule has 0 bridgehead atoms. The van der Waals surface area contributed by atoms with Gasteiger partial charge < -0.3 is 14.8 Å². The number of ether oxygens (including phenoxy) is 2. The van der Waals surface area contributed by atoms with Crippen LogP contribution in [0.4, 0.5) is 0 Å². The smallest absolute Gasteiger partial charge is 0.0700 e. The van der Waals surface area contributed by atoms with Crippen LogP contribution in [-0.2, 0) is 9.47 Å². The minimum absolute atomic E-state index is 0.498. The topological polar surface area (TPSA) is 30.5 Å². The first-order chi connectivity index (χ1) is 9.54. The van der Waals surface area contributed by atoms with Gasteiger partial charge in [-0.1, -0.05) is 20.8 Å². The summed E-state index contributed by atoms with van der Waals surface area (Å²) in [6.45, 7) is 11.7. The Hall–Kier alpha value is -0.120. The van der Waals surface area contributed by atoms with Crippen molar-refractivity contribution in [2.45, 2.75) is 52.9 Å². The summed E-state index contributed by atoms with van der Waals surface area (Å²) in [5, 5.41) is 3.59. The fourth-order valence-corrected chi connectivity index (χ4v) is 3.08. The number of rotatable bonds is 9. The predicted molar refractivity (Wildman–Crippen MR) is 85.1 cm³/mol. The number of nitrogens with one attached hydrogen (secondary N) is 1. The Labute approximate surface area is 125 Å². The molecule has 20 heavy (non-hydrogen) atoms. The molecule has 0 aromatic rings. The van der Waals surface area contributed by atoms with Gasteiger partial charge in [-0.2, -0.15) is 0 Å². The molecule has 0 aliphatic heterocycles. The van der Waals surface area contributed by atoms with Crippen LogP contribution >= 0.6 is 0 Å². The third-order valence-electron chi connectivity index (χ3n) is 4.58.